The van der Waals surface area contributed by atoms with Crippen molar-refractivity contribution in [2.75, 3.05) is 32.9 Å². The zero-order valence-corrected chi connectivity index (χ0v) is 14.1. The molecule has 0 unspecified atom stereocenters. The number of amides is 1. The molecule has 3 rings (SSSR count). The second-order valence-electron chi connectivity index (χ2n) is 6.11. The van der Waals surface area contributed by atoms with Crippen LogP contribution in [0.3, 0.4) is 0 Å². The number of fused-ring (bicyclic) bond motifs is 1. The lowest BCUT2D eigenvalue weighted by Gasteiger charge is -2.33. The highest BCUT2D eigenvalue weighted by Gasteiger charge is 2.55. The van der Waals surface area contributed by atoms with Crippen LogP contribution in [0.25, 0.3) is 0 Å². The highest BCUT2D eigenvalue weighted by atomic mass is 35.5. The zero-order valence-electron chi connectivity index (χ0n) is 13.3. The SMILES string of the molecule is CCOc1ncc(C(=O)N2C[C@H]3COCC[C@@]3(C(=O)O)C2)cc1Cl. The monoisotopic (exact) mass is 354 g/mol. The van der Waals surface area contributed by atoms with Crippen molar-refractivity contribution < 1.29 is 24.2 Å². The highest BCUT2D eigenvalue weighted by molar-refractivity contribution is 6.32. The molecule has 0 spiro atoms. The van der Waals surface area contributed by atoms with Gasteiger partial charge in [0.1, 0.15) is 5.02 Å². The molecule has 7 nitrogen and oxygen atoms in total. The molecule has 0 radical (unpaired) electrons. The lowest BCUT2D eigenvalue weighted by molar-refractivity contribution is -0.157. The van der Waals surface area contributed by atoms with Crippen molar-refractivity contribution in [3.05, 3.63) is 22.8 Å². The van der Waals surface area contributed by atoms with E-state index >= 15 is 0 Å². The summed E-state index contributed by atoms with van der Waals surface area (Å²) in [6.45, 7) is 3.54. The predicted molar refractivity (Wildman–Crippen MR) is 85.3 cm³/mol. The fourth-order valence-electron chi connectivity index (χ4n) is 3.42. The van der Waals surface area contributed by atoms with Crippen LogP contribution >= 0.6 is 11.6 Å². The lowest BCUT2D eigenvalue weighted by atomic mass is 9.74. The summed E-state index contributed by atoms with van der Waals surface area (Å²) in [5, 5.41) is 9.93. The maximum absolute atomic E-state index is 12.7. The number of carboxylic acids is 1. The van der Waals surface area contributed by atoms with Crippen LogP contribution in [0.15, 0.2) is 12.3 Å². The van der Waals surface area contributed by atoms with E-state index in [1.807, 2.05) is 6.92 Å². The van der Waals surface area contributed by atoms with E-state index in [2.05, 4.69) is 4.98 Å². The second kappa shape index (κ2) is 6.57. The van der Waals surface area contributed by atoms with Gasteiger partial charge >= 0.3 is 5.97 Å². The van der Waals surface area contributed by atoms with Gasteiger partial charge in [-0.1, -0.05) is 11.6 Å². The fourth-order valence-corrected chi connectivity index (χ4v) is 3.64. The third-order valence-electron chi connectivity index (χ3n) is 4.76. The molecule has 1 aromatic rings. The van der Waals surface area contributed by atoms with Gasteiger partial charge < -0.3 is 19.5 Å². The van der Waals surface area contributed by atoms with Crippen molar-refractivity contribution in [2.45, 2.75) is 13.3 Å². The molecule has 2 atom stereocenters. The summed E-state index contributed by atoms with van der Waals surface area (Å²) in [6, 6.07) is 1.51. The molecule has 2 saturated heterocycles. The van der Waals surface area contributed by atoms with E-state index in [-0.39, 0.29) is 29.3 Å². The van der Waals surface area contributed by atoms with Gasteiger partial charge in [-0.15, -0.1) is 0 Å². The van der Waals surface area contributed by atoms with Crippen LogP contribution in [0, 0.1) is 11.3 Å². The van der Waals surface area contributed by atoms with Crippen molar-refractivity contribution in [3.8, 4) is 5.88 Å². The van der Waals surface area contributed by atoms with E-state index in [1.165, 1.54) is 12.3 Å². The molecule has 24 heavy (non-hydrogen) atoms. The van der Waals surface area contributed by atoms with Crippen LogP contribution in [-0.4, -0.2) is 59.8 Å². The van der Waals surface area contributed by atoms with Gasteiger partial charge in [0.25, 0.3) is 5.91 Å². The minimum Gasteiger partial charge on any atom is -0.481 e. The molecule has 1 aromatic heterocycles. The maximum atomic E-state index is 12.7. The summed E-state index contributed by atoms with van der Waals surface area (Å²) >= 11 is 6.09. The average Bonchev–Trinajstić information content (AvgIpc) is 2.97. The Bertz CT molecular complexity index is 668. The van der Waals surface area contributed by atoms with E-state index in [0.29, 0.717) is 38.3 Å². The largest absolute Gasteiger partial charge is 0.481 e. The van der Waals surface area contributed by atoms with E-state index in [0.717, 1.165) is 0 Å². The molecule has 2 aliphatic heterocycles. The normalized spacial score (nSPS) is 26.1. The Morgan fingerprint density at radius 2 is 2.38 bits per heavy atom. The molecule has 1 amide bonds. The number of halogens is 1. The number of nitrogens with zero attached hydrogens (tertiary/aromatic N) is 2. The molecule has 0 aliphatic carbocycles. The average molecular weight is 355 g/mol. The number of hydrogen-bond acceptors (Lipinski definition) is 5. The maximum Gasteiger partial charge on any atom is 0.311 e. The third-order valence-corrected chi connectivity index (χ3v) is 5.03. The molecule has 3 heterocycles. The number of ether oxygens (including phenoxy) is 2. The van der Waals surface area contributed by atoms with Gasteiger partial charge in [0.2, 0.25) is 5.88 Å². The van der Waals surface area contributed by atoms with Gasteiger partial charge in [0.15, 0.2) is 0 Å². The van der Waals surface area contributed by atoms with Gasteiger partial charge in [-0.25, -0.2) is 4.98 Å². The van der Waals surface area contributed by atoms with Gasteiger partial charge in [0.05, 0.1) is 24.2 Å². The van der Waals surface area contributed by atoms with Crippen molar-refractivity contribution in [1.82, 2.24) is 9.88 Å². The third kappa shape index (κ3) is 2.82. The molecule has 0 saturated carbocycles. The molecule has 0 aromatic carbocycles. The van der Waals surface area contributed by atoms with Crippen LogP contribution < -0.4 is 4.74 Å². The fraction of sp³-hybridized carbons (Fsp3) is 0.562. The Hall–Kier alpha value is -1.86. The minimum absolute atomic E-state index is 0.181. The van der Waals surface area contributed by atoms with Crippen LogP contribution in [0.1, 0.15) is 23.7 Å². The van der Waals surface area contributed by atoms with Crippen molar-refractivity contribution in [3.63, 3.8) is 0 Å². The van der Waals surface area contributed by atoms with Crippen molar-refractivity contribution in [1.29, 1.82) is 0 Å². The lowest BCUT2D eigenvalue weighted by Crippen LogP contribution is -2.45. The summed E-state index contributed by atoms with van der Waals surface area (Å²) in [5.74, 6) is -1.06. The number of aliphatic carboxylic acids is 1. The number of carbonyl (C=O) groups is 2. The molecular formula is C16H19ClN2O5. The van der Waals surface area contributed by atoms with Crippen LogP contribution in [0.2, 0.25) is 5.02 Å². The van der Waals surface area contributed by atoms with Crippen LogP contribution in [0.4, 0.5) is 0 Å². The first-order valence-corrected chi connectivity index (χ1v) is 8.24. The summed E-state index contributed by atoms with van der Waals surface area (Å²) in [4.78, 5) is 30.1. The number of aromatic nitrogens is 1. The second-order valence-corrected chi connectivity index (χ2v) is 6.52. The van der Waals surface area contributed by atoms with E-state index < -0.39 is 11.4 Å². The number of rotatable bonds is 4. The first kappa shape index (κ1) is 17.0. The number of hydrogen-bond donors (Lipinski definition) is 1. The summed E-state index contributed by atoms with van der Waals surface area (Å²) in [7, 11) is 0. The molecule has 8 heteroatoms. The Kier molecular flexibility index (Phi) is 4.64. The smallest absolute Gasteiger partial charge is 0.311 e. The van der Waals surface area contributed by atoms with Gasteiger partial charge in [-0.2, -0.15) is 0 Å². The predicted octanol–water partition coefficient (Wildman–Crippen LogP) is 1.70. The number of carboxylic acid groups (broad SMARTS) is 1. The van der Waals surface area contributed by atoms with Crippen LogP contribution in [0.5, 0.6) is 5.88 Å². The first-order valence-electron chi connectivity index (χ1n) is 7.86. The molecular weight excluding hydrogens is 336 g/mol. The van der Waals surface area contributed by atoms with Crippen LogP contribution in [-0.2, 0) is 9.53 Å². The van der Waals surface area contributed by atoms with E-state index in [1.54, 1.807) is 4.90 Å². The minimum atomic E-state index is -0.920. The Labute approximate surface area is 144 Å². The Morgan fingerprint density at radius 3 is 3.00 bits per heavy atom. The quantitative estimate of drug-likeness (QED) is 0.885. The Balaban J connectivity index is 1.81. The van der Waals surface area contributed by atoms with E-state index in [9.17, 15) is 14.7 Å². The molecule has 1 N–H and O–H groups in total. The topological polar surface area (TPSA) is 89.0 Å². The Morgan fingerprint density at radius 1 is 1.58 bits per heavy atom. The number of likely N-dealkylation sites (tertiary alicyclic amines) is 1. The molecule has 130 valence electrons. The number of carbonyl (C=O) groups excluding carboxylic acids is 1. The van der Waals surface area contributed by atoms with Crippen molar-refractivity contribution >= 4 is 23.5 Å². The summed E-state index contributed by atoms with van der Waals surface area (Å²) in [5.41, 5.74) is -0.598. The molecule has 2 fully saturated rings. The highest BCUT2D eigenvalue weighted by Crippen LogP contribution is 2.43. The zero-order chi connectivity index (χ0) is 17.3. The molecule has 0 bridgehead atoms. The van der Waals surface area contributed by atoms with Gasteiger partial charge in [-0.05, 0) is 19.4 Å². The summed E-state index contributed by atoms with van der Waals surface area (Å²) in [6.07, 6.45) is 1.82. The number of pyridine rings is 1. The van der Waals surface area contributed by atoms with Gasteiger partial charge in [0, 0.05) is 31.8 Å². The molecule has 2 aliphatic rings. The van der Waals surface area contributed by atoms with Gasteiger partial charge in [-0.3, -0.25) is 9.59 Å². The van der Waals surface area contributed by atoms with Crippen molar-refractivity contribution in [2.24, 2.45) is 11.3 Å². The summed E-state index contributed by atoms with van der Waals surface area (Å²) < 4.78 is 10.7. The standard InChI is InChI=1S/C16H19ClN2O5/c1-2-24-13-12(17)5-10(6-18-13)14(20)19-7-11-8-23-4-3-16(11,9-19)15(21)22/h5-6,11H,2-4,7-9H2,1H3,(H,21,22)/t11-,16+/m0/s1. The van der Waals surface area contributed by atoms with E-state index in [4.69, 9.17) is 21.1 Å². The first-order chi connectivity index (χ1) is 11.5.